The van der Waals surface area contributed by atoms with Gasteiger partial charge in [0.15, 0.2) is 0 Å². The maximum absolute atomic E-state index is 12.3. The number of hydrogen-bond donors (Lipinski definition) is 1. The minimum Gasteiger partial charge on any atom is -0.312 e. The van der Waals surface area contributed by atoms with E-state index in [0.29, 0.717) is 17.4 Å². The van der Waals surface area contributed by atoms with Crippen LogP contribution in [0, 0.1) is 0 Å². The summed E-state index contributed by atoms with van der Waals surface area (Å²) >= 11 is 12.0. The number of urea groups is 1. The van der Waals surface area contributed by atoms with Crippen molar-refractivity contribution in [3.63, 3.8) is 0 Å². The van der Waals surface area contributed by atoms with Gasteiger partial charge in [-0.2, -0.15) is 0 Å². The summed E-state index contributed by atoms with van der Waals surface area (Å²) in [5, 5.41) is 3.54. The van der Waals surface area contributed by atoms with Crippen molar-refractivity contribution in [2.75, 3.05) is 17.7 Å². The number of nitrogens with one attached hydrogen (secondary N) is 1. The van der Waals surface area contributed by atoms with E-state index in [-0.39, 0.29) is 12.1 Å². The Morgan fingerprint density at radius 2 is 1.90 bits per heavy atom. The standard InChI is InChI=1S/C16H14Cl2N2O/c17-8-9-20-15(11-4-2-1-3-5-11)13-10-12(18)6-7-14(13)19-16(20)21/h1-7,10,15H,8-9H2,(H,19,21). The molecule has 2 aromatic carbocycles. The van der Waals surface area contributed by atoms with Crippen LogP contribution < -0.4 is 5.32 Å². The number of carbonyl (C=O) groups is 1. The Labute approximate surface area is 133 Å². The van der Waals surface area contributed by atoms with Crippen LogP contribution in [0.3, 0.4) is 0 Å². The lowest BCUT2D eigenvalue weighted by molar-refractivity contribution is 0.199. The zero-order chi connectivity index (χ0) is 14.8. The predicted molar refractivity (Wildman–Crippen MR) is 86.2 cm³/mol. The smallest absolute Gasteiger partial charge is 0.312 e. The van der Waals surface area contributed by atoms with Crippen molar-refractivity contribution in [2.45, 2.75) is 6.04 Å². The van der Waals surface area contributed by atoms with Gasteiger partial charge in [0.2, 0.25) is 0 Å². The molecule has 1 N–H and O–H groups in total. The first-order valence-electron chi connectivity index (χ1n) is 6.68. The van der Waals surface area contributed by atoms with Crippen molar-refractivity contribution in [3.8, 4) is 0 Å². The third-order valence-electron chi connectivity index (χ3n) is 3.56. The number of hydrogen-bond acceptors (Lipinski definition) is 1. The largest absolute Gasteiger partial charge is 0.322 e. The van der Waals surface area contributed by atoms with Gasteiger partial charge in [-0.15, -0.1) is 11.6 Å². The number of alkyl halides is 1. The molecule has 0 fully saturated rings. The van der Waals surface area contributed by atoms with E-state index < -0.39 is 0 Å². The zero-order valence-electron chi connectivity index (χ0n) is 11.2. The number of halogens is 2. The van der Waals surface area contributed by atoms with Crippen LogP contribution in [-0.2, 0) is 0 Å². The van der Waals surface area contributed by atoms with Gasteiger partial charge < -0.3 is 10.2 Å². The molecule has 1 heterocycles. The van der Waals surface area contributed by atoms with Gasteiger partial charge in [0, 0.05) is 28.7 Å². The topological polar surface area (TPSA) is 32.3 Å². The highest BCUT2D eigenvalue weighted by Crippen LogP contribution is 2.38. The van der Waals surface area contributed by atoms with Crippen LogP contribution in [0.4, 0.5) is 10.5 Å². The first kappa shape index (κ1) is 14.2. The van der Waals surface area contributed by atoms with Crippen LogP contribution in [0.15, 0.2) is 48.5 Å². The van der Waals surface area contributed by atoms with Crippen LogP contribution in [0.25, 0.3) is 0 Å². The van der Waals surface area contributed by atoms with Crippen molar-refractivity contribution in [3.05, 3.63) is 64.7 Å². The number of fused-ring (bicyclic) bond motifs is 1. The van der Waals surface area contributed by atoms with Gasteiger partial charge in [0.25, 0.3) is 0 Å². The second kappa shape index (κ2) is 5.96. The van der Waals surface area contributed by atoms with E-state index in [1.165, 1.54) is 0 Å². The predicted octanol–water partition coefficient (Wildman–Crippen LogP) is 4.52. The third kappa shape index (κ3) is 2.71. The summed E-state index contributed by atoms with van der Waals surface area (Å²) in [6.45, 7) is 0.471. The molecular weight excluding hydrogens is 307 g/mol. The number of benzene rings is 2. The molecule has 0 saturated carbocycles. The average molecular weight is 321 g/mol. The van der Waals surface area contributed by atoms with Crippen molar-refractivity contribution in [2.24, 2.45) is 0 Å². The number of carbonyl (C=O) groups excluding carboxylic acids is 1. The average Bonchev–Trinajstić information content (AvgIpc) is 2.50. The summed E-state index contributed by atoms with van der Waals surface area (Å²) in [6.07, 6.45) is 0. The SMILES string of the molecule is O=C1Nc2ccc(Cl)cc2C(c2ccccc2)N1CCCl. The Balaban J connectivity index is 2.15. The van der Waals surface area contributed by atoms with Crippen LogP contribution in [0.2, 0.25) is 5.02 Å². The van der Waals surface area contributed by atoms with Gasteiger partial charge in [-0.3, -0.25) is 0 Å². The van der Waals surface area contributed by atoms with Crippen LogP contribution in [0.5, 0.6) is 0 Å². The lowest BCUT2D eigenvalue weighted by Gasteiger charge is -2.37. The molecule has 21 heavy (non-hydrogen) atoms. The summed E-state index contributed by atoms with van der Waals surface area (Å²) in [5.41, 5.74) is 2.82. The Bertz CT molecular complexity index is 661. The fourth-order valence-corrected chi connectivity index (χ4v) is 3.02. The molecular formula is C16H14Cl2N2O. The summed E-state index contributed by atoms with van der Waals surface area (Å²) < 4.78 is 0. The van der Waals surface area contributed by atoms with Gasteiger partial charge in [-0.05, 0) is 23.8 Å². The Hall–Kier alpha value is -1.71. The van der Waals surface area contributed by atoms with E-state index in [9.17, 15) is 4.79 Å². The number of anilines is 1. The van der Waals surface area contributed by atoms with E-state index in [0.717, 1.165) is 16.8 Å². The molecule has 0 spiro atoms. The van der Waals surface area contributed by atoms with E-state index in [2.05, 4.69) is 5.32 Å². The van der Waals surface area contributed by atoms with Crippen molar-refractivity contribution >= 4 is 34.9 Å². The van der Waals surface area contributed by atoms with Crippen LogP contribution >= 0.6 is 23.2 Å². The normalized spacial score (nSPS) is 17.3. The first-order chi connectivity index (χ1) is 10.2. The second-order valence-corrected chi connectivity index (χ2v) is 5.67. The number of nitrogens with zero attached hydrogens (tertiary/aromatic N) is 1. The highest BCUT2D eigenvalue weighted by atomic mass is 35.5. The first-order valence-corrected chi connectivity index (χ1v) is 7.60. The fraction of sp³-hybridized carbons (Fsp3) is 0.188. The Morgan fingerprint density at radius 3 is 2.62 bits per heavy atom. The molecule has 0 radical (unpaired) electrons. The lowest BCUT2D eigenvalue weighted by atomic mass is 9.94. The molecule has 2 aromatic rings. The summed E-state index contributed by atoms with van der Waals surface area (Å²) in [5.74, 6) is 0.382. The van der Waals surface area contributed by atoms with Crippen molar-refractivity contribution in [1.82, 2.24) is 4.90 Å². The van der Waals surface area contributed by atoms with Crippen molar-refractivity contribution < 1.29 is 4.79 Å². The molecule has 3 nitrogen and oxygen atoms in total. The summed E-state index contributed by atoms with van der Waals surface area (Å²) in [6, 6.07) is 15.1. The lowest BCUT2D eigenvalue weighted by Crippen LogP contribution is -2.43. The molecule has 0 aliphatic carbocycles. The molecule has 108 valence electrons. The van der Waals surface area contributed by atoms with Gasteiger partial charge >= 0.3 is 6.03 Å². The zero-order valence-corrected chi connectivity index (χ0v) is 12.7. The van der Waals surface area contributed by atoms with Gasteiger partial charge in [0.05, 0.1) is 6.04 Å². The third-order valence-corrected chi connectivity index (χ3v) is 3.97. The molecule has 0 saturated heterocycles. The molecule has 3 rings (SSSR count). The van der Waals surface area contributed by atoms with Crippen molar-refractivity contribution in [1.29, 1.82) is 0 Å². The number of rotatable bonds is 3. The van der Waals surface area contributed by atoms with E-state index >= 15 is 0 Å². The highest BCUT2D eigenvalue weighted by Gasteiger charge is 2.33. The molecule has 1 unspecified atom stereocenters. The van der Waals surface area contributed by atoms with Gasteiger partial charge in [-0.25, -0.2) is 4.79 Å². The molecule has 1 atom stereocenters. The molecule has 1 aliphatic heterocycles. The molecule has 2 amide bonds. The highest BCUT2D eigenvalue weighted by molar-refractivity contribution is 6.30. The monoisotopic (exact) mass is 320 g/mol. The minimum absolute atomic E-state index is 0.140. The van der Waals surface area contributed by atoms with E-state index in [1.54, 1.807) is 11.0 Å². The quantitative estimate of drug-likeness (QED) is 0.829. The number of amides is 2. The Kier molecular flexibility index (Phi) is 4.04. The molecule has 0 bridgehead atoms. The maximum atomic E-state index is 12.3. The molecule has 1 aliphatic rings. The summed E-state index contributed by atoms with van der Waals surface area (Å²) in [4.78, 5) is 14.1. The van der Waals surface area contributed by atoms with E-state index in [4.69, 9.17) is 23.2 Å². The van der Waals surface area contributed by atoms with E-state index in [1.807, 2.05) is 42.5 Å². The molecule has 0 aromatic heterocycles. The maximum Gasteiger partial charge on any atom is 0.322 e. The van der Waals surface area contributed by atoms with Crippen LogP contribution in [-0.4, -0.2) is 23.4 Å². The molecule has 5 heteroatoms. The minimum atomic E-state index is -0.174. The summed E-state index contributed by atoms with van der Waals surface area (Å²) in [7, 11) is 0. The van der Waals surface area contributed by atoms with Crippen LogP contribution in [0.1, 0.15) is 17.2 Å². The Morgan fingerprint density at radius 1 is 1.14 bits per heavy atom. The van der Waals surface area contributed by atoms with Gasteiger partial charge in [0.1, 0.15) is 0 Å². The fourth-order valence-electron chi connectivity index (χ4n) is 2.66. The van der Waals surface area contributed by atoms with Gasteiger partial charge in [-0.1, -0.05) is 41.9 Å². The second-order valence-electron chi connectivity index (χ2n) is 4.86.